The van der Waals surface area contributed by atoms with Crippen molar-refractivity contribution in [3.8, 4) is 17.4 Å². The van der Waals surface area contributed by atoms with Crippen LogP contribution in [-0.2, 0) is 11.3 Å². The SMILES string of the molecule is CCOc1ccccc1Oc1ccc(CNC(=O)CN)cn1.Cl.Cl. The van der Waals surface area contributed by atoms with Crippen LogP contribution in [0, 0.1) is 0 Å². The molecule has 0 saturated heterocycles. The van der Waals surface area contributed by atoms with Crippen molar-refractivity contribution < 1.29 is 14.3 Å². The van der Waals surface area contributed by atoms with Crippen molar-refractivity contribution in [1.29, 1.82) is 0 Å². The summed E-state index contributed by atoms with van der Waals surface area (Å²) in [5.74, 6) is 1.54. The molecule has 8 heteroatoms. The number of benzene rings is 1. The molecule has 0 radical (unpaired) electrons. The molecule has 1 aromatic heterocycles. The van der Waals surface area contributed by atoms with E-state index in [0.717, 1.165) is 5.56 Å². The molecule has 2 aromatic rings. The summed E-state index contributed by atoms with van der Waals surface area (Å²) in [4.78, 5) is 15.3. The van der Waals surface area contributed by atoms with E-state index in [1.54, 1.807) is 12.3 Å². The van der Waals surface area contributed by atoms with E-state index in [1.165, 1.54) is 0 Å². The van der Waals surface area contributed by atoms with Gasteiger partial charge in [-0.3, -0.25) is 4.79 Å². The number of aromatic nitrogens is 1. The maximum atomic E-state index is 11.1. The summed E-state index contributed by atoms with van der Waals surface area (Å²) in [6.45, 7) is 2.84. The van der Waals surface area contributed by atoms with Crippen molar-refractivity contribution in [2.75, 3.05) is 13.2 Å². The molecule has 0 spiro atoms. The van der Waals surface area contributed by atoms with E-state index in [4.69, 9.17) is 15.2 Å². The summed E-state index contributed by atoms with van der Waals surface area (Å²) >= 11 is 0. The molecule has 0 aliphatic carbocycles. The third kappa shape index (κ3) is 6.62. The number of rotatable bonds is 7. The lowest BCUT2D eigenvalue weighted by Gasteiger charge is -2.11. The van der Waals surface area contributed by atoms with Crippen LogP contribution >= 0.6 is 24.8 Å². The molecule has 1 heterocycles. The number of para-hydroxylation sites is 2. The molecule has 0 unspecified atom stereocenters. The van der Waals surface area contributed by atoms with Gasteiger partial charge in [0, 0.05) is 18.8 Å². The number of nitrogens with one attached hydrogen (secondary N) is 1. The minimum Gasteiger partial charge on any atom is -0.490 e. The van der Waals surface area contributed by atoms with E-state index in [9.17, 15) is 4.79 Å². The molecule has 2 rings (SSSR count). The van der Waals surface area contributed by atoms with E-state index in [1.807, 2.05) is 37.3 Å². The van der Waals surface area contributed by atoms with Crippen LogP contribution in [0.3, 0.4) is 0 Å². The number of amides is 1. The monoisotopic (exact) mass is 373 g/mol. The maximum Gasteiger partial charge on any atom is 0.234 e. The summed E-state index contributed by atoms with van der Waals surface area (Å²) in [7, 11) is 0. The molecule has 0 aliphatic heterocycles. The normalized spacial score (nSPS) is 9.25. The zero-order chi connectivity index (χ0) is 15.8. The predicted octanol–water partition coefficient (Wildman–Crippen LogP) is 2.69. The fourth-order valence-corrected chi connectivity index (χ4v) is 1.77. The molecule has 24 heavy (non-hydrogen) atoms. The minimum atomic E-state index is -0.203. The Morgan fingerprint density at radius 3 is 2.46 bits per heavy atom. The summed E-state index contributed by atoms with van der Waals surface area (Å²) < 4.78 is 11.2. The van der Waals surface area contributed by atoms with Gasteiger partial charge in [-0.25, -0.2) is 4.98 Å². The largest absolute Gasteiger partial charge is 0.490 e. The van der Waals surface area contributed by atoms with E-state index in [-0.39, 0.29) is 37.3 Å². The van der Waals surface area contributed by atoms with Crippen LogP contribution < -0.4 is 20.5 Å². The summed E-state index contributed by atoms with van der Waals surface area (Å²) in [5.41, 5.74) is 6.09. The van der Waals surface area contributed by atoms with Gasteiger partial charge in [0.05, 0.1) is 13.2 Å². The first-order valence-corrected chi connectivity index (χ1v) is 7.04. The van der Waals surface area contributed by atoms with Crippen LogP contribution in [0.4, 0.5) is 0 Å². The molecule has 1 aromatic carbocycles. The summed E-state index contributed by atoms with van der Waals surface area (Å²) in [6, 6.07) is 11.0. The predicted molar refractivity (Wildman–Crippen MR) is 97.3 cm³/mol. The molecular weight excluding hydrogens is 353 g/mol. The van der Waals surface area contributed by atoms with Crippen molar-refractivity contribution >= 4 is 30.7 Å². The zero-order valence-electron chi connectivity index (χ0n) is 13.2. The lowest BCUT2D eigenvalue weighted by Crippen LogP contribution is -2.29. The van der Waals surface area contributed by atoms with Crippen LogP contribution in [-0.4, -0.2) is 24.0 Å². The van der Waals surface area contributed by atoms with E-state index in [0.29, 0.717) is 30.5 Å². The van der Waals surface area contributed by atoms with E-state index < -0.39 is 0 Å². The van der Waals surface area contributed by atoms with Gasteiger partial charge in [0.15, 0.2) is 11.5 Å². The van der Waals surface area contributed by atoms with Gasteiger partial charge in [-0.2, -0.15) is 0 Å². The zero-order valence-corrected chi connectivity index (χ0v) is 14.9. The van der Waals surface area contributed by atoms with Crippen LogP contribution in [0.1, 0.15) is 12.5 Å². The Labute approximate surface area is 153 Å². The molecule has 1 amide bonds. The van der Waals surface area contributed by atoms with Crippen molar-refractivity contribution in [2.24, 2.45) is 5.73 Å². The van der Waals surface area contributed by atoms with E-state index >= 15 is 0 Å². The molecule has 3 N–H and O–H groups in total. The molecular formula is C16H21Cl2N3O3. The van der Waals surface area contributed by atoms with Gasteiger partial charge < -0.3 is 20.5 Å². The fourth-order valence-electron chi connectivity index (χ4n) is 1.77. The number of ether oxygens (including phenoxy) is 2. The van der Waals surface area contributed by atoms with Crippen LogP contribution in [0.5, 0.6) is 17.4 Å². The van der Waals surface area contributed by atoms with Crippen LogP contribution in [0.25, 0.3) is 0 Å². The molecule has 132 valence electrons. The Kier molecular flexibility index (Phi) is 10.5. The number of halogens is 2. The minimum absolute atomic E-state index is 0. The van der Waals surface area contributed by atoms with Crippen molar-refractivity contribution in [3.63, 3.8) is 0 Å². The van der Waals surface area contributed by atoms with Gasteiger partial charge in [0.2, 0.25) is 11.8 Å². The van der Waals surface area contributed by atoms with Gasteiger partial charge in [-0.05, 0) is 24.6 Å². The maximum absolute atomic E-state index is 11.1. The number of nitrogens with two attached hydrogens (primary N) is 1. The Bertz CT molecular complexity index is 624. The lowest BCUT2D eigenvalue weighted by atomic mass is 10.3. The molecule has 0 bridgehead atoms. The average molecular weight is 374 g/mol. The topological polar surface area (TPSA) is 86.5 Å². The average Bonchev–Trinajstić information content (AvgIpc) is 2.56. The molecule has 0 saturated carbocycles. The van der Waals surface area contributed by atoms with Crippen molar-refractivity contribution in [2.45, 2.75) is 13.5 Å². The van der Waals surface area contributed by atoms with Gasteiger partial charge >= 0.3 is 0 Å². The number of carbonyl (C=O) groups is 1. The first-order chi connectivity index (χ1) is 10.7. The van der Waals surface area contributed by atoms with Crippen molar-refractivity contribution in [1.82, 2.24) is 10.3 Å². The number of pyridine rings is 1. The summed E-state index contributed by atoms with van der Waals surface area (Å²) in [6.07, 6.45) is 1.65. The molecule has 0 fully saturated rings. The standard InChI is InChI=1S/C16H19N3O3.2ClH/c1-2-21-13-5-3-4-6-14(13)22-16-8-7-12(11-19-16)10-18-15(20)9-17;;/h3-8,11H,2,9-10,17H2,1H3,(H,18,20);2*1H. The Morgan fingerprint density at radius 2 is 1.88 bits per heavy atom. The van der Waals surface area contributed by atoms with Gasteiger partial charge in [0.1, 0.15) is 0 Å². The van der Waals surface area contributed by atoms with Gasteiger partial charge in [0.25, 0.3) is 0 Å². The second-order valence-corrected chi connectivity index (χ2v) is 4.47. The Hall–Kier alpha value is -2.02. The second-order valence-electron chi connectivity index (χ2n) is 4.47. The highest BCUT2D eigenvalue weighted by Gasteiger charge is 2.06. The molecule has 0 aliphatic rings. The molecule has 6 nitrogen and oxygen atoms in total. The van der Waals surface area contributed by atoms with Crippen LogP contribution in [0.2, 0.25) is 0 Å². The van der Waals surface area contributed by atoms with Gasteiger partial charge in [-0.15, -0.1) is 24.8 Å². The number of hydrogen-bond acceptors (Lipinski definition) is 5. The smallest absolute Gasteiger partial charge is 0.234 e. The van der Waals surface area contributed by atoms with Crippen LogP contribution in [0.15, 0.2) is 42.6 Å². The second kappa shape index (κ2) is 11.5. The first kappa shape index (κ1) is 22.0. The Morgan fingerprint density at radius 1 is 1.17 bits per heavy atom. The third-order valence-corrected chi connectivity index (χ3v) is 2.84. The lowest BCUT2D eigenvalue weighted by molar-refractivity contribution is -0.119. The number of nitrogens with zero attached hydrogens (tertiary/aromatic N) is 1. The quantitative estimate of drug-likeness (QED) is 0.778. The number of hydrogen-bond donors (Lipinski definition) is 2. The highest BCUT2D eigenvalue weighted by Crippen LogP contribution is 2.30. The molecule has 0 atom stereocenters. The van der Waals surface area contributed by atoms with Gasteiger partial charge in [-0.1, -0.05) is 18.2 Å². The highest BCUT2D eigenvalue weighted by atomic mass is 35.5. The first-order valence-electron chi connectivity index (χ1n) is 7.04. The third-order valence-electron chi connectivity index (χ3n) is 2.84. The fraction of sp³-hybridized carbons (Fsp3) is 0.250. The summed E-state index contributed by atoms with van der Waals surface area (Å²) in [5, 5.41) is 2.68. The number of carbonyl (C=O) groups excluding carboxylic acids is 1. The highest BCUT2D eigenvalue weighted by molar-refractivity contribution is 5.85. The van der Waals surface area contributed by atoms with E-state index in [2.05, 4.69) is 10.3 Å². The Balaban J connectivity index is 0.00000264. The van der Waals surface area contributed by atoms with Crippen molar-refractivity contribution in [3.05, 3.63) is 48.2 Å².